The summed E-state index contributed by atoms with van der Waals surface area (Å²) in [6.45, 7) is 6.63. The number of rotatable bonds is 5. The van der Waals surface area contributed by atoms with Gasteiger partial charge in [-0.1, -0.05) is 6.07 Å². The summed E-state index contributed by atoms with van der Waals surface area (Å²) in [5, 5.41) is 6.07. The van der Waals surface area contributed by atoms with E-state index in [0.29, 0.717) is 9.90 Å². The maximum atomic E-state index is 12.6. The van der Waals surface area contributed by atoms with Gasteiger partial charge in [0, 0.05) is 29.4 Å². The van der Waals surface area contributed by atoms with E-state index in [9.17, 15) is 8.42 Å². The van der Waals surface area contributed by atoms with Crippen LogP contribution in [0.3, 0.4) is 0 Å². The van der Waals surface area contributed by atoms with Crippen molar-refractivity contribution in [3.8, 4) is 11.3 Å². The molecule has 1 aromatic carbocycles. The normalized spacial score (nSPS) is 11.6. The van der Waals surface area contributed by atoms with Gasteiger partial charge in [0.05, 0.1) is 5.69 Å². The second kappa shape index (κ2) is 6.41. The summed E-state index contributed by atoms with van der Waals surface area (Å²) in [5.41, 5.74) is 4.40. The summed E-state index contributed by atoms with van der Waals surface area (Å²) in [4.78, 5) is 0. The summed E-state index contributed by atoms with van der Waals surface area (Å²) >= 11 is 1.21. The zero-order valence-corrected chi connectivity index (χ0v) is 15.4. The number of aryl methyl sites for hydroxylation is 3. The summed E-state index contributed by atoms with van der Waals surface area (Å²) in [5.74, 6) is 0. The van der Waals surface area contributed by atoms with Gasteiger partial charge in [-0.15, -0.1) is 11.3 Å². The Morgan fingerprint density at radius 3 is 2.54 bits per heavy atom. The minimum atomic E-state index is -3.60. The molecule has 0 atom stereocenters. The number of hydrogen-bond acceptors (Lipinski definition) is 4. The molecular weight excluding hydrogens is 342 g/mol. The number of thiophene rings is 1. The lowest BCUT2D eigenvalue weighted by Crippen LogP contribution is -2.11. The molecule has 0 unspecified atom stereocenters. The summed E-state index contributed by atoms with van der Waals surface area (Å²) in [7, 11) is -3.60. The quantitative estimate of drug-likeness (QED) is 0.746. The number of nitrogens with one attached hydrogen (secondary N) is 1. The van der Waals surface area contributed by atoms with Gasteiger partial charge in [-0.05, 0) is 56.2 Å². The highest BCUT2D eigenvalue weighted by Gasteiger charge is 2.18. The maximum absolute atomic E-state index is 12.6. The fraction of sp³-hybridized carbons (Fsp3) is 0.235. The molecule has 0 radical (unpaired) electrons. The molecular formula is C17H19N3O2S2. The first-order valence-corrected chi connectivity index (χ1v) is 9.97. The standard InChI is InChI=1S/C17H19N3O2S2/c1-4-20-16(5-6-18-20)14-10-17(23-11-14)24(21,22)19-15-8-12(2)7-13(3)9-15/h5-11,19H,4H2,1-3H3. The molecule has 5 nitrogen and oxygen atoms in total. The zero-order valence-electron chi connectivity index (χ0n) is 13.8. The molecule has 0 saturated carbocycles. The third kappa shape index (κ3) is 3.37. The fourth-order valence-electron chi connectivity index (χ4n) is 2.66. The van der Waals surface area contributed by atoms with Crippen molar-refractivity contribution in [3.63, 3.8) is 0 Å². The zero-order chi connectivity index (χ0) is 17.3. The van der Waals surface area contributed by atoms with Gasteiger partial charge >= 0.3 is 0 Å². The predicted molar refractivity (Wildman–Crippen MR) is 97.9 cm³/mol. The van der Waals surface area contributed by atoms with Crippen molar-refractivity contribution in [2.45, 2.75) is 31.5 Å². The third-order valence-electron chi connectivity index (χ3n) is 3.63. The molecule has 0 fully saturated rings. The molecule has 7 heteroatoms. The molecule has 0 bridgehead atoms. The summed E-state index contributed by atoms with van der Waals surface area (Å²) in [6, 6.07) is 9.24. The number of anilines is 1. The van der Waals surface area contributed by atoms with E-state index in [1.54, 1.807) is 12.3 Å². The van der Waals surface area contributed by atoms with Crippen LogP contribution in [0.5, 0.6) is 0 Å². The van der Waals surface area contributed by atoms with Gasteiger partial charge in [-0.3, -0.25) is 9.40 Å². The fourth-order valence-corrected chi connectivity index (χ4v) is 4.87. The van der Waals surface area contributed by atoms with Crippen LogP contribution in [-0.2, 0) is 16.6 Å². The average Bonchev–Trinajstić information content (AvgIpc) is 3.14. The van der Waals surface area contributed by atoms with Crippen molar-refractivity contribution in [2.75, 3.05) is 4.72 Å². The SMILES string of the molecule is CCn1nccc1-c1csc(S(=O)(=O)Nc2cc(C)cc(C)c2)c1. The molecule has 0 aliphatic carbocycles. The molecule has 1 N–H and O–H groups in total. The topological polar surface area (TPSA) is 64.0 Å². The van der Waals surface area contributed by atoms with Crippen LogP contribution in [0.15, 0.2) is 46.1 Å². The van der Waals surface area contributed by atoms with E-state index in [-0.39, 0.29) is 0 Å². The summed E-state index contributed by atoms with van der Waals surface area (Å²) < 4.78 is 30.1. The number of sulfonamides is 1. The minimum absolute atomic E-state index is 0.292. The van der Waals surface area contributed by atoms with E-state index in [0.717, 1.165) is 28.9 Å². The molecule has 0 aliphatic rings. The monoisotopic (exact) mass is 361 g/mol. The Morgan fingerprint density at radius 1 is 1.17 bits per heavy atom. The van der Waals surface area contributed by atoms with Gasteiger partial charge in [0.2, 0.25) is 0 Å². The van der Waals surface area contributed by atoms with E-state index < -0.39 is 10.0 Å². The van der Waals surface area contributed by atoms with Gasteiger partial charge in [-0.2, -0.15) is 5.10 Å². The molecule has 24 heavy (non-hydrogen) atoms. The van der Waals surface area contributed by atoms with Gasteiger partial charge in [-0.25, -0.2) is 8.42 Å². The third-order valence-corrected chi connectivity index (χ3v) is 6.45. The van der Waals surface area contributed by atoms with Crippen LogP contribution < -0.4 is 4.72 Å². The van der Waals surface area contributed by atoms with Crippen molar-refractivity contribution < 1.29 is 8.42 Å². The van der Waals surface area contributed by atoms with Crippen molar-refractivity contribution in [3.05, 3.63) is 53.0 Å². The molecule has 3 rings (SSSR count). The largest absolute Gasteiger partial charge is 0.279 e. The number of hydrogen-bond donors (Lipinski definition) is 1. The van der Waals surface area contributed by atoms with Crippen molar-refractivity contribution >= 4 is 27.0 Å². The lowest BCUT2D eigenvalue weighted by atomic mass is 10.1. The first kappa shape index (κ1) is 16.7. The van der Waals surface area contributed by atoms with E-state index >= 15 is 0 Å². The van der Waals surface area contributed by atoms with Gasteiger partial charge in [0.15, 0.2) is 0 Å². The minimum Gasteiger partial charge on any atom is -0.279 e. The number of nitrogens with zero attached hydrogens (tertiary/aromatic N) is 2. The molecule has 2 aromatic heterocycles. The van der Waals surface area contributed by atoms with E-state index in [4.69, 9.17) is 0 Å². The highest BCUT2D eigenvalue weighted by Crippen LogP contribution is 2.30. The maximum Gasteiger partial charge on any atom is 0.271 e. The van der Waals surface area contributed by atoms with Crippen LogP contribution in [0.25, 0.3) is 11.3 Å². The molecule has 0 amide bonds. The van der Waals surface area contributed by atoms with Crippen LogP contribution >= 0.6 is 11.3 Å². The smallest absolute Gasteiger partial charge is 0.271 e. The molecule has 0 spiro atoms. The van der Waals surface area contributed by atoms with Gasteiger partial charge in [0.25, 0.3) is 10.0 Å². The molecule has 0 saturated heterocycles. The van der Waals surface area contributed by atoms with E-state index in [2.05, 4.69) is 9.82 Å². The molecule has 3 aromatic rings. The first-order valence-electron chi connectivity index (χ1n) is 7.61. The second-order valence-corrected chi connectivity index (χ2v) is 8.49. The van der Waals surface area contributed by atoms with Crippen LogP contribution in [0.2, 0.25) is 0 Å². The Bertz CT molecular complexity index is 951. The Morgan fingerprint density at radius 2 is 1.88 bits per heavy atom. The Labute approximate surface area is 146 Å². The van der Waals surface area contributed by atoms with Crippen LogP contribution in [0.4, 0.5) is 5.69 Å². The summed E-state index contributed by atoms with van der Waals surface area (Å²) in [6.07, 6.45) is 1.72. The average molecular weight is 361 g/mol. The highest BCUT2D eigenvalue weighted by molar-refractivity contribution is 7.94. The molecule has 126 valence electrons. The van der Waals surface area contributed by atoms with Crippen molar-refractivity contribution in [1.29, 1.82) is 0 Å². The van der Waals surface area contributed by atoms with E-state index in [1.165, 1.54) is 11.3 Å². The molecule has 2 heterocycles. The lowest BCUT2D eigenvalue weighted by Gasteiger charge is -2.08. The Balaban J connectivity index is 1.91. The number of benzene rings is 1. The van der Waals surface area contributed by atoms with Gasteiger partial charge in [0.1, 0.15) is 4.21 Å². The Hall–Kier alpha value is -2.12. The van der Waals surface area contributed by atoms with Crippen LogP contribution in [0.1, 0.15) is 18.1 Å². The second-order valence-electron chi connectivity index (χ2n) is 5.67. The molecule has 0 aliphatic heterocycles. The first-order chi connectivity index (χ1) is 11.4. The van der Waals surface area contributed by atoms with Crippen LogP contribution in [-0.4, -0.2) is 18.2 Å². The van der Waals surface area contributed by atoms with Crippen molar-refractivity contribution in [1.82, 2.24) is 9.78 Å². The van der Waals surface area contributed by atoms with Gasteiger partial charge < -0.3 is 0 Å². The Kier molecular flexibility index (Phi) is 4.47. The predicted octanol–water partition coefficient (Wildman–Crippen LogP) is 4.05. The number of aromatic nitrogens is 2. The van der Waals surface area contributed by atoms with E-state index in [1.807, 2.05) is 55.1 Å². The van der Waals surface area contributed by atoms with Crippen LogP contribution in [0, 0.1) is 13.8 Å². The van der Waals surface area contributed by atoms with Crippen molar-refractivity contribution in [2.24, 2.45) is 0 Å². The lowest BCUT2D eigenvalue weighted by molar-refractivity contribution is 0.603. The highest BCUT2D eigenvalue weighted by atomic mass is 32.2.